The number of thiophene rings is 1. The first-order chi connectivity index (χ1) is 8.99. The third-order valence-corrected chi connectivity index (χ3v) is 4.18. The van der Waals surface area contributed by atoms with Crippen molar-refractivity contribution in [2.75, 3.05) is 0 Å². The molecule has 5 nitrogen and oxygen atoms in total. The van der Waals surface area contributed by atoms with Crippen molar-refractivity contribution in [1.82, 2.24) is 4.98 Å². The molecule has 2 aromatic heterocycles. The topological polar surface area (TPSA) is 93.3 Å². The second-order valence-corrected chi connectivity index (χ2v) is 5.41. The molecular formula is C13H14N2O3S. The molecule has 0 amide bonds. The molecule has 3 N–H and O–H groups in total. The molecule has 0 saturated heterocycles. The van der Waals surface area contributed by atoms with E-state index in [0.29, 0.717) is 4.88 Å². The van der Waals surface area contributed by atoms with Crippen LogP contribution in [0, 0.1) is 6.92 Å². The number of hydrogen-bond donors (Lipinski definition) is 2. The molecule has 0 fully saturated rings. The number of hydrogen-bond acceptors (Lipinski definition) is 5. The van der Waals surface area contributed by atoms with E-state index in [1.165, 1.54) is 11.3 Å². The van der Waals surface area contributed by atoms with Crippen molar-refractivity contribution in [1.29, 1.82) is 0 Å². The number of aromatic nitrogens is 1. The Morgan fingerprint density at radius 2 is 2.26 bits per heavy atom. The fourth-order valence-electron chi connectivity index (χ4n) is 1.74. The zero-order valence-corrected chi connectivity index (χ0v) is 11.2. The lowest BCUT2D eigenvalue weighted by molar-refractivity contribution is -0.138. The van der Waals surface area contributed by atoms with E-state index in [-0.39, 0.29) is 18.6 Å². The van der Waals surface area contributed by atoms with Gasteiger partial charge in [0.25, 0.3) is 0 Å². The number of rotatable bonds is 5. The van der Waals surface area contributed by atoms with Gasteiger partial charge in [0.2, 0.25) is 0 Å². The maximum absolute atomic E-state index is 12.0. The van der Waals surface area contributed by atoms with Gasteiger partial charge < -0.3 is 10.8 Å². The standard InChI is InChI=1S/C13H14N2O3S/c1-7-4-5-15-9-6-11(19-12(7)9)10(16)3-2-8(14)13(17)18/h4-6,8H,2-3,14H2,1H3,(H,17,18)/t8-/m1/s1. The van der Waals surface area contributed by atoms with Crippen molar-refractivity contribution in [2.45, 2.75) is 25.8 Å². The van der Waals surface area contributed by atoms with E-state index in [1.807, 2.05) is 13.0 Å². The van der Waals surface area contributed by atoms with E-state index in [4.69, 9.17) is 10.8 Å². The van der Waals surface area contributed by atoms with Crippen molar-refractivity contribution in [2.24, 2.45) is 5.73 Å². The largest absolute Gasteiger partial charge is 0.480 e. The van der Waals surface area contributed by atoms with Crippen LogP contribution in [0.1, 0.15) is 28.1 Å². The molecule has 0 spiro atoms. The van der Waals surface area contributed by atoms with Crippen LogP contribution >= 0.6 is 11.3 Å². The summed E-state index contributed by atoms with van der Waals surface area (Å²) in [5.41, 5.74) is 7.26. The summed E-state index contributed by atoms with van der Waals surface area (Å²) < 4.78 is 0.994. The van der Waals surface area contributed by atoms with Gasteiger partial charge in [0.05, 0.1) is 15.1 Å². The first-order valence-electron chi connectivity index (χ1n) is 5.86. The second kappa shape index (κ2) is 5.46. The van der Waals surface area contributed by atoms with Crippen LogP contribution in [0.2, 0.25) is 0 Å². The second-order valence-electron chi connectivity index (χ2n) is 4.36. The monoisotopic (exact) mass is 278 g/mol. The van der Waals surface area contributed by atoms with Crippen LogP contribution in [-0.2, 0) is 4.79 Å². The number of carbonyl (C=O) groups excluding carboxylic acids is 1. The highest BCUT2D eigenvalue weighted by atomic mass is 32.1. The van der Waals surface area contributed by atoms with Crippen LogP contribution in [0.3, 0.4) is 0 Å². The fraction of sp³-hybridized carbons (Fsp3) is 0.308. The Labute approximate surface area is 114 Å². The molecule has 0 aliphatic heterocycles. The number of fused-ring (bicyclic) bond motifs is 1. The molecule has 0 unspecified atom stereocenters. The molecular weight excluding hydrogens is 264 g/mol. The molecule has 1 atom stereocenters. The van der Waals surface area contributed by atoms with Crippen LogP contribution in [0.5, 0.6) is 0 Å². The average Bonchev–Trinajstić information content (AvgIpc) is 2.80. The lowest BCUT2D eigenvalue weighted by atomic mass is 10.1. The van der Waals surface area contributed by atoms with E-state index in [1.54, 1.807) is 12.3 Å². The molecule has 0 saturated carbocycles. The summed E-state index contributed by atoms with van der Waals surface area (Å²) in [5.74, 6) is -1.17. The SMILES string of the molecule is Cc1ccnc2cc(C(=O)CC[C@@H](N)C(=O)O)sc12. The van der Waals surface area contributed by atoms with Crippen molar-refractivity contribution in [3.05, 3.63) is 28.8 Å². The maximum Gasteiger partial charge on any atom is 0.320 e. The van der Waals surface area contributed by atoms with Gasteiger partial charge in [-0.1, -0.05) is 0 Å². The van der Waals surface area contributed by atoms with Gasteiger partial charge in [-0.25, -0.2) is 0 Å². The van der Waals surface area contributed by atoms with Gasteiger partial charge in [-0.3, -0.25) is 14.6 Å². The first-order valence-corrected chi connectivity index (χ1v) is 6.67. The van der Waals surface area contributed by atoms with Gasteiger partial charge in [0, 0.05) is 12.6 Å². The van der Waals surface area contributed by atoms with Gasteiger partial charge in [0.1, 0.15) is 6.04 Å². The molecule has 2 aromatic rings. The van der Waals surface area contributed by atoms with Crippen LogP contribution < -0.4 is 5.73 Å². The zero-order chi connectivity index (χ0) is 14.0. The molecule has 0 aliphatic rings. The predicted octanol–water partition coefficient (Wildman–Crippen LogP) is 1.98. The van der Waals surface area contributed by atoms with Crippen LogP contribution in [0.15, 0.2) is 18.3 Å². The van der Waals surface area contributed by atoms with E-state index in [9.17, 15) is 9.59 Å². The Morgan fingerprint density at radius 3 is 2.89 bits per heavy atom. The van der Waals surface area contributed by atoms with E-state index in [2.05, 4.69) is 4.98 Å². The minimum Gasteiger partial charge on any atom is -0.480 e. The minimum atomic E-state index is -1.08. The highest BCUT2D eigenvalue weighted by molar-refractivity contribution is 7.21. The number of aliphatic carboxylic acids is 1. The number of carboxylic acids is 1. The van der Waals surface area contributed by atoms with Crippen LogP contribution in [0.4, 0.5) is 0 Å². The number of nitrogens with two attached hydrogens (primary N) is 1. The maximum atomic E-state index is 12.0. The molecule has 100 valence electrons. The van der Waals surface area contributed by atoms with Crippen molar-refractivity contribution in [3.63, 3.8) is 0 Å². The van der Waals surface area contributed by atoms with E-state index < -0.39 is 12.0 Å². The van der Waals surface area contributed by atoms with E-state index in [0.717, 1.165) is 15.8 Å². The number of carboxylic acid groups (broad SMARTS) is 1. The highest BCUT2D eigenvalue weighted by Gasteiger charge is 2.16. The molecule has 0 radical (unpaired) electrons. The smallest absolute Gasteiger partial charge is 0.320 e. The number of Topliss-reactive ketones (excluding diaryl/α,β-unsaturated/α-hetero) is 1. The summed E-state index contributed by atoms with van der Waals surface area (Å²) in [7, 11) is 0. The van der Waals surface area contributed by atoms with Crippen LogP contribution in [0.25, 0.3) is 10.2 Å². The lowest BCUT2D eigenvalue weighted by Crippen LogP contribution is -2.30. The Hall–Kier alpha value is -1.79. The number of carbonyl (C=O) groups is 2. The molecule has 2 rings (SSSR count). The summed E-state index contributed by atoms with van der Waals surface area (Å²) in [6, 6.07) is 2.66. The van der Waals surface area contributed by atoms with Gasteiger partial charge in [-0.15, -0.1) is 11.3 Å². The third-order valence-electron chi connectivity index (χ3n) is 2.88. The summed E-state index contributed by atoms with van der Waals surface area (Å²) in [5, 5.41) is 8.67. The average molecular weight is 278 g/mol. The van der Waals surface area contributed by atoms with Gasteiger partial charge >= 0.3 is 5.97 Å². The normalized spacial score (nSPS) is 12.5. The van der Waals surface area contributed by atoms with Crippen molar-refractivity contribution in [3.8, 4) is 0 Å². The molecule has 0 bridgehead atoms. The molecule has 0 aliphatic carbocycles. The number of pyridine rings is 1. The van der Waals surface area contributed by atoms with E-state index >= 15 is 0 Å². The quantitative estimate of drug-likeness (QED) is 0.816. The predicted molar refractivity (Wildman–Crippen MR) is 73.5 cm³/mol. The Kier molecular flexibility index (Phi) is 3.92. The van der Waals surface area contributed by atoms with Gasteiger partial charge in [-0.05, 0) is 31.0 Å². The molecule has 0 aromatic carbocycles. The van der Waals surface area contributed by atoms with Gasteiger partial charge in [-0.2, -0.15) is 0 Å². The highest BCUT2D eigenvalue weighted by Crippen LogP contribution is 2.27. The number of ketones is 1. The van der Waals surface area contributed by atoms with Crippen LogP contribution in [-0.4, -0.2) is 27.9 Å². The first kappa shape index (κ1) is 13.6. The summed E-state index contributed by atoms with van der Waals surface area (Å²) >= 11 is 1.39. The van der Waals surface area contributed by atoms with Crippen molar-refractivity contribution >= 4 is 33.3 Å². The fourth-order valence-corrected chi connectivity index (χ4v) is 2.79. The summed E-state index contributed by atoms with van der Waals surface area (Å²) in [6.07, 6.45) is 1.99. The third kappa shape index (κ3) is 2.97. The Bertz CT molecular complexity index is 636. The number of nitrogens with zero attached hydrogens (tertiary/aromatic N) is 1. The summed E-state index contributed by atoms with van der Waals surface area (Å²) in [6.45, 7) is 1.97. The van der Waals surface area contributed by atoms with Crippen molar-refractivity contribution < 1.29 is 14.7 Å². The Morgan fingerprint density at radius 1 is 1.53 bits per heavy atom. The van der Waals surface area contributed by atoms with Gasteiger partial charge in [0.15, 0.2) is 5.78 Å². The molecule has 2 heterocycles. The summed E-state index contributed by atoms with van der Waals surface area (Å²) in [4.78, 5) is 27.4. The number of aryl methyl sites for hydroxylation is 1. The minimum absolute atomic E-state index is 0.0842. The molecule has 19 heavy (non-hydrogen) atoms. The zero-order valence-electron chi connectivity index (χ0n) is 10.4. The Balaban J connectivity index is 2.14. The lowest BCUT2D eigenvalue weighted by Gasteiger charge is -2.03. The molecule has 6 heteroatoms.